The molecule has 126 valence electrons. The fraction of sp³-hybridized carbons (Fsp3) is 0.846. The van der Waals surface area contributed by atoms with Gasteiger partial charge in [-0.1, -0.05) is 6.08 Å². The fourth-order valence-electron chi connectivity index (χ4n) is 3.17. The van der Waals surface area contributed by atoms with E-state index in [1.807, 2.05) is 0 Å². The quantitative estimate of drug-likeness (QED) is 0.257. The normalized spacial score (nSPS) is 51.7. The van der Waals surface area contributed by atoms with E-state index < -0.39 is 61.6 Å². The van der Waals surface area contributed by atoms with Crippen LogP contribution in [0.1, 0.15) is 0 Å². The molecule has 2 saturated heterocycles. The molecule has 3 rings (SSSR count). The SMILES string of the molecule is OCC1=C[C@@H](N[C@H]2C(O)[C@@H](O)[C@@H]3OC[C@H]2O3)C(O)[C@H](O)C1O. The highest BCUT2D eigenvalue weighted by Gasteiger charge is 2.51. The Hall–Kier alpha value is -0.620. The predicted octanol–water partition coefficient (Wildman–Crippen LogP) is -4.19. The molecule has 3 unspecified atom stereocenters. The van der Waals surface area contributed by atoms with Gasteiger partial charge in [0.05, 0.1) is 25.3 Å². The molecule has 0 aromatic rings. The Bertz CT molecular complexity index is 446. The topological polar surface area (TPSA) is 152 Å². The van der Waals surface area contributed by atoms with Crippen LogP contribution in [0.15, 0.2) is 11.6 Å². The van der Waals surface area contributed by atoms with Crippen molar-refractivity contribution in [1.29, 1.82) is 0 Å². The Morgan fingerprint density at radius 3 is 2.45 bits per heavy atom. The van der Waals surface area contributed by atoms with Gasteiger partial charge in [0.15, 0.2) is 6.29 Å². The molecule has 9 heteroatoms. The van der Waals surface area contributed by atoms with E-state index in [0.717, 1.165) is 0 Å². The third-order valence-corrected chi connectivity index (χ3v) is 4.51. The number of aliphatic hydroxyl groups is 6. The summed E-state index contributed by atoms with van der Waals surface area (Å²) in [5, 5.41) is 61.8. The minimum absolute atomic E-state index is 0.169. The summed E-state index contributed by atoms with van der Waals surface area (Å²) in [5.74, 6) is 0. The number of hydrogen-bond donors (Lipinski definition) is 7. The summed E-state index contributed by atoms with van der Waals surface area (Å²) in [4.78, 5) is 0. The van der Waals surface area contributed by atoms with Crippen molar-refractivity contribution in [3.05, 3.63) is 11.6 Å². The van der Waals surface area contributed by atoms with E-state index >= 15 is 0 Å². The lowest BCUT2D eigenvalue weighted by atomic mass is 9.86. The highest BCUT2D eigenvalue weighted by atomic mass is 16.7. The summed E-state index contributed by atoms with van der Waals surface area (Å²) in [6.07, 6.45) is -6.53. The maximum atomic E-state index is 10.1. The Morgan fingerprint density at radius 1 is 1.05 bits per heavy atom. The molecule has 2 aliphatic heterocycles. The van der Waals surface area contributed by atoms with Gasteiger partial charge >= 0.3 is 0 Å². The third-order valence-electron chi connectivity index (χ3n) is 4.51. The molecular weight excluding hydrogens is 298 g/mol. The lowest BCUT2D eigenvalue weighted by molar-refractivity contribution is -0.204. The molecule has 2 bridgehead atoms. The largest absolute Gasteiger partial charge is 0.392 e. The summed E-state index contributed by atoms with van der Waals surface area (Å²) in [5.41, 5.74) is 0.169. The van der Waals surface area contributed by atoms with Crippen LogP contribution in [0.4, 0.5) is 0 Å². The van der Waals surface area contributed by atoms with Crippen LogP contribution >= 0.6 is 0 Å². The van der Waals surface area contributed by atoms with Crippen molar-refractivity contribution in [2.24, 2.45) is 0 Å². The van der Waals surface area contributed by atoms with Crippen LogP contribution in [0, 0.1) is 0 Å². The number of ether oxygens (including phenoxy) is 2. The first-order valence-corrected chi connectivity index (χ1v) is 7.19. The molecule has 0 radical (unpaired) electrons. The Morgan fingerprint density at radius 2 is 1.77 bits per heavy atom. The zero-order valence-corrected chi connectivity index (χ0v) is 11.7. The summed E-state index contributed by atoms with van der Waals surface area (Å²) < 4.78 is 10.6. The van der Waals surface area contributed by atoms with Crippen molar-refractivity contribution in [1.82, 2.24) is 5.32 Å². The highest BCUT2D eigenvalue weighted by molar-refractivity contribution is 5.22. The first-order valence-electron chi connectivity index (χ1n) is 7.19. The molecule has 7 N–H and O–H groups in total. The van der Waals surface area contributed by atoms with E-state index in [2.05, 4.69) is 5.32 Å². The van der Waals surface area contributed by atoms with E-state index in [4.69, 9.17) is 9.47 Å². The molecule has 0 saturated carbocycles. The van der Waals surface area contributed by atoms with E-state index in [9.17, 15) is 30.6 Å². The van der Waals surface area contributed by atoms with E-state index in [0.29, 0.717) is 0 Å². The number of aliphatic hydroxyl groups excluding tert-OH is 6. The van der Waals surface area contributed by atoms with Gasteiger partial charge < -0.3 is 45.4 Å². The van der Waals surface area contributed by atoms with Crippen LogP contribution in [0.2, 0.25) is 0 Å². The van der Waals surface area contributed by atoms with Crippen molar-refractivity contribution in [3.63, 3.8) is 0 Å². The molecule has 0 spiro atoms. The highest BCUT2D eigenvalue weighted by Crippen LogP contribution is 2.29. The van der Waals surface area contributed by atoms with Gasteiger partial charge in [0.2, 0.25) is 0 Å². The van der Waals surface area contributed by atoms with Crippen molar-refractivity contribution in [2.75, 3.05) is 13.2 Å². The van der Waals surface area contributed by atoms with Crippen LogP contribution in [0.5, 0.6) is 0 Å². The van der Waals surface area contributed by atoms with Gasteiger partial charge in [0.1, 0.15) is 36.6 Å². The second-order valence-corrected chi connectivity index (χ2v) is 5.90. The van der Waals surface area contributed by atoms with Crippen LogP contribution in [0.3, 0.4) is 0 Å². The maximum Gasteiger partial charge on any atom is 0.186 e. The molecule has 9 nitrogen and oxygen atoms in total. The summed E-state index contributed by atoms with van der Waals surface area (Å²) in [6, 6.07) is -1.56. The average Bonchev–Trinajstić information content (AvgIpc) is 2.96. The average molecular weight is 319 g/mol. The van der Waals surface area contributed by atoms with Crippen molar-refractivity contribution in [2.45, 2.75) is 55.0 Å². The van der Waals surface area contributed by atoms with Crippen molar-refractivity contribution in [3.8, 4) is 0 Å². The Labute approximate surface area is 126 Å². The standard InChI is InChI=1S/C13H21NO8/c15-2-4-1-5(9(17)11(19)8(4)16)14-7-6-3-21-13(22-6)12(20)10(7)18/h1,5-20H,2-3H2/t5-,6-,7-,8?,9?,10?,11-,12-,13-/m1/s1. The van der Waals surface area contributed by atoms with Gasteiger partial charge in [-0.2, -0.15) is 0 Å². The van der Waals surface area contributed by atoms with Crippen LogP contribution < -0.4 is 5.32 Å². The van der Waals surface area contributed by atoms with Crippen LogP contribution in [0.25, 0.3) is 0 Å². The molecule has 1 aliphatic carbocycles. The summed E-state index contributed by atoms with van der Waals surface area (Å²) in [6.45, 7) is -0.287. The van der Waals surface area contributed by atoms with Gasteiger partial charge in [-0.15, -0.1) is 0 Å². The third kappa shape index (κ3) is 2.58. The molecule has 2 fully saturated rings. The fourth-order valence-corrected chi connectivity index (χ4v) is 3.17. The van der Waals surface area contributed by atoms with E-state index in [1.165, 1.54) is 6.08 Å². The van der Waals surface area contributed by atoms with Gasteiger partial charge in [0, 0.05) is 0 Å². The number of fused-ring (bicyclic) bond motifs is 2. The minimum atomic E-state index is -1.47. The van der Waals surface area contributed by atoms with Gasteiger partial charge in [0.25, 0.3) is 0 Å². The molecule has 9 atom stereocenters. The molecule has 0 aromatic carbocycles. The number of rotatable bonds is 3. The summed E-state index contributed by atoms with van der Waals surface area (Å²) >= 11 is 0. The molecular formula is C13H21NO8. The number of hydrogen-bond acceptors (Lipinski definition) is 9. The second-order valence-electron chi connectivity index (χ2n) is 5.90. The second kappa shape index (κ2) is 6.11. The first-order chi connectivity index (χ1) is 10.4. The molecule has 3 aliphatic rings. The Kier molecular flexibility index (Phi) is 4.52. The van der Waals surface area contributed by atoms with Gasteiger partial charge in [-0.3, -0.25) is 0 Å². The predicted molar refractivity (Wildman–Crippen MR) is 70.5 cm³/mol. The molecule has 2 heterocycles. The molecule has 0 amide bonds. The minimum Gasteiger partial charge on any atom is -0.392 e. The zero-order valence-electron chi connectivity index (χ0n) is 11.7. The van der Waals surface area contributed by atoms with Crippen molar-refractivity contribution < 1.29 is 40.1 Å². The van der Waals surface area contributed by atoms with Crippen LogP contribution in [-0.4, -0.2) is 98.9 Å². The first kappa shape index (κ1) is 16.2. The van der Waals surface area contributed by atoms with E-state index in [-0.39, 0.29) is 12.2 Å². The molecule has 22 heavy (non-hydrogen) atoms. The zero-order chi connectivity index (χ0) is 16.0. The maximum absolute atomic E-state index is 10.1. The van der Waals surface area contributed by atoms with Gasteiger partial charge in [-0.05, 0) is 5.57 Å². The van der Waals surface area contributed by atoms with E-state index in [1.54, 1.807) is 0 Å². The smallest absolute Gasteiger partial charge is 0.186 e. The number of nitrogens with one attached hydrogen (secondary N) is 1. The van der Waals surface area contributed by atoms with Crippen molar-refractivity contribution >= 4 is 0 Å². The lowest BCUT2D eigenvalue weighted by Crippen LogP contribution is -2.65. The summed E-state index contributed by atoms with van der Waals surface area (Å²) in [7, 11) is 0. The van der Waals surface area contributed by atoms with Gasteiger partial charge in [-0.25, -0.2) is 0 Å². The molecule has 0 aromatic heterocycles. The lowest BCUT2D eigenvalue weighted by Gasteiger charge is -2.41. The monoisotopic (exact) mass is 319 g/mol. The van der Waals surface area contributed by atoms with Crippen LogP contribution in [-0.2, 0) is 9.47 Å². The Balaban J connectivity index is 1.78.